The van der Waals surface area contributed by atoms with E-state index in [1.165, 1.54) is 13.2 Å². The van der Waals surface area contributed by atoms with Crippen molar-refractivity contribution in [2.24, 2.45) is 0 Å². The molecule has 1 aromatic heterocycles. The average Bonchev–Trinajstić information content (AvgIpc) is 3.21. The number of aromatic nitrogens is 3. The third kappa shape index (κ3) is 5.94. The van der Waals surface area contributed by atoms with E-state index < -0.39 is 5.97 Å². The molecule has 0 saturated carbocycles. The van der Waals surface area contributed by atoms with Crippen LogP contribution in [0, 0.1) is 0 Å². The number of thioether (sulfide) groups is 1. The van der Waals surface area contributed by atoms with Crippen LogP contribution in [0.4, 0.5) is 0 Å². The monoisotopic (exact) mass is 599 g/mol. The van der Waals surface area contributed by atoms with Gasteiger partial charge in [-0.05, 0) is 85.6 Å². The van der Waals surface area contributed by atoms with Gasteiger partial charge in [0.1, 0.15) is 23.0 Å². The Hall–Kier alpha value is -2.27. The summed E-state index contributed by atoms with van der Waals surface area (Å²) < 4.78 is 12.3. The number of benzene rings is 2. The first-order valence-electron chi connectivity index (χ1n) is 8.94. The maximum absolute atomic E-state index is 11.9. The summed E-state index contributed by atoms with van der Waals surface area (Å²) in [5.41, 5.74) is 1.26. The van der Waals surface area contributed by atoms with Crippen molar-refractivity contribution in [2.45, 2.75) is 5.16 Å². The van der Waals surface area contributed by atoms with Crippen molar-refractivity contribution in [3.05, 3.63) is 67.4 Å². The van der Waals surface area contributed by atoms with Crippen LogP contribution in [0.25, 0.3) is 17.5 Å². The Morgan fingerprint density at radius 2 is 2.03 bits per heavy atom. The van der Waals surface area contributed by atoms with E-state index in [9.17, 15) is 9.90 Å². The number of H-pyrrole nitrogens is 1. The van der Waals surface area contributed by atoms with Crippen LogP contribution in [0.2, 0.25) is 5.02 Å². The number of aliphatic carboxylic acids is 1. The summed E-state index contributed by atoms with van der Waals surface area (Å²) in [6, 6.07) is 8.62. The molecule has 3 aromatic rings. The minimum atomic E-state index is -1.11. The van der Waals surface area contributed by atoms with Gasteiger partial charge in [-0.3, -0.25) is 5.10 Å². The van der Waals surface area contributed by atoms with Gasteiger partial charge in [0.2, 0.25) is 5.16 Å². The highest BCUT2D eigenvalue weighted by atomic mass is 79.9. The van der Waals surface area contributed by atoms with Crippen LogP contribution in [-0.4, -0.2) is 40.0 Å². The molecule has 2 aromatic carbocycles. The minimum Gasteiger partial charge on any atom is -0.496 e. The van der Waals surface area contributed by atoms with Gasteiger partial charge in [-0.2, -0.15) is 0 Å². The normalized spacial score (nSPS) is 11.3. The molecule has 0 amide bonds. The van der Waals surface area contributed by atoms with E-state index in [0.717, 1.165) is 11.8 Å². The summed E-state index contributed by atoms with van der Waals surface area (Å²) in [5.74, 6) is 0.455. The van der Waals surface area contributed by atoms with Crippen molar-refractivity contribution in [1.82, 2.24) is 15.2 Å². The smallest absolute Gasteiger partial charge is 0.342 e. The van der Waals surface area contributed by atoms with Gasteiger partial charge in [0.05, 0.1) is 21.6 Å². The molecule has 11 heteroatoms. The zero-order valence-corrected chi connectivity index (χ0v) is 21.3. The van der Waals surface area contributed by atoms with E-state index >= 15 is 0 Å². The van der Waals surface area contributed by atoms with Crippen molar-refractivity contribution in [2.75, 3.05) is 13.7 Å². The molecule has 0 atom stereocenters. The van der Waals surface area contributed by atoms with E-state index in [1.807, 2.05) is 0 Å². The summed E-state index contributed by atoms with van der Waals surface area (Å²) in [7, 11) is 1.54. The van der Waals surface area contributed by atoms with Gasteiger partial charge in [0, 0.05) is 5.02 Å². The van der Waals surface area contributed by atoms with Crippen LogP contribution < -0.4 is 9.47 Å². The number of nitrogens with one attached hydrogen (secondary N) is 1. The fraction of sp³-hybridized carbons (Fsp3) is 0.0952. The SMILES string of the molecule is C=CCOc1c(Br)cc(/C=C(\Sc2n[nH]c(-c3cc(Cl)ccc3OC)n2)C(=O)O)cc1Br. The number of rotatable bonds is 9. The molecule has 166 valence electrons. The molecular formula is C21H16Br2ClN3O4S. The molecule has 0 aliphatic carbocycles. The lowest BCUT2D eigenvalue weighted by Gasteiger charge is -2.10. The molecule has 32 heavy (non-hydrogen) atoms. The lowest BCUT2D eigenvalue weighted by Crippen LogP contribution is -1.98. The van der Waals surface area contributed by atoms with Gasteiger partial charge in [-0.25, -0.2) is 9.78 Å². The zero-order valence-electron chi connectivity index (χ0n) is 16.6. The Kier molecular flexibility index (Phi) is 8.41. The summed E-state index contributed by atoms with van der Waals surface area (Å²) >= 11 is 13.9. The van der Waals surface area contributed by atoms with Gasteiger partial charge in [-0.15, -0.1) is 5.10 Å². The van der Waals surface area contributed by atoms with Gasteiger partial charge < -0.3 is 14.6 Å². The molecule has 0 spiro atoms. The number of hydrogen-bond acceptors (Lipinski definition) is 6. The molecule has 1 heterocycles. The molecule has 0 saturated heterocycles. The van der Waals surface area contributed by atoms with Crippen molar-refractivity contribution in [3.8, 4) is 22.9 Å². The second-order valence-electron chi connectivity index (χ2n) is 6.14. The number of carbonyl (C=O) groups is 1. The largest absolute Gasteiger partial charge is 0.496 e. The molecule has 0 fully saturated rings. The van der Waals surface area contributed by atoms with Crippen LogP contribution in [0.1, 0.15) is 5.56 Å². The first-order chi connectivity index (χ1) is 15.3. The first kappa shape index (κ1) is 24.4. The summed E-state index contributed by atoms with van der Waals surface area (Å²) in [6.45, 7) is 3.97. The van der Waals surface area contributed by atoms with Gasteiger partial charge in [0.15, 0.2) is 5.82 Å². The molecule has 7 nitrogen and oxygen atoms in total. The van der Waals surface area contributed by atoms with Crippen molar-refractivity contribution in [1.29, 1.82) is 0 Å². The average molecular weight is 602 g/mol. The highest BCUT2D eigenvalue weighted by Gasteiger charge is 2.17. The number of ether oxygens (including phenoxy) is 2. The first-order valence-corrected chi connectivity index (χ1v) is 11.7. The number of carboxylic acid groups (broad SMARTS) is 1. The minimum absolute atomic E-state index is 0.0344. The topological polar surface area (TPSA) is 97.3 Å². The molecule has 0 aliphatic rings. The van der Waals surface area contributed by atoms with Crippen LogP contribution in [0.3, 0.4) is 0 Å². The van der Waals surface area contributed by atoms with E-state index in [4.69, 9.17) is 21.1 Å². The van der Waals surface area contributed by atoms with E-state index in [2.05, 4.69) is 53.6 Å². The van der Waals surface area contributed by atoms with E-state index in [1.54, 1.807) is 36.4 Å². The Labute approximate surface area is 210 Å². The maximum atomic E-state index is 11.9. The highest BCUT2D eigenvalue weighted by molar-refractivity contribution is 9.11. The molecule has 0 bridgehead atoms. The van der Waals surface area contributed by atoms with E-state index in [-0.39, 0.29) is 10.1 Å². The zero-order chi connectivity index (χ0) is 23.3. The number of halogens is 3. The number of aromatic amines is 1. The lowest BCUT2D eigenvalue weighted by molar-refractivity contribution is -0.131. The van der Waals surface area contributed by atoms with Crippen molar-refractivity contribution < 1.29 is 19.4 Å². The Morgan fingerprint density at radius 3 is 2.66 bits per heavy atom. The van der Waals surface area contributed by atoms with Crippen molar-refractivity contribution in [3.63, 3.8) is 0 Å². The number of hydrogen-bond donors (Lipinski definition) is 2. The molecule has 0 aliphatic heterocycles. The fourth-order valence-corrected chi connectivity index (χ4v) is 4.94. The van der Waals surface area contributed by atoms with Gasteiger partial charge >= 0.3 is 5.97 Å². The summed E-state index contributed by atoms with van der Waals surface area (Å²) in [5, 5.41) is 17.4. The Balaban J connectivity index is 1.89. The molecule has 0 unspecified atom stereocenters. The molecule has 2 N–H and O–H groups in total. The van der Waals surface area contributed by atoms with E-state index in [0.29, 0.717) is 49.0 Å². The molecular weight excluding hydrogens is 586 g/mol. The number of nitrogens with zero attached hydrogens (tertiary/aromatic N) is 2. The van der Waals surface area contributed by atoms with Gasteiger partial charge in [-0.1, -0.05) is 24.3 Å². The molecule has 3 rings (SSSR count). The third-order valence-corrected chi connectivity index (χ3v) is 6.25. The summed E-state index contributed by atoms with van der Waals surface area (Å²) in [6.07, 6.45) is 3.16. The van der Waals surface area contributed by atoms with Gasteiger partial charge in [0.25, 0.3) is 0 Å². The highest BCUT2D eigenvalue weighted by Crippen LogP contribution is 2.37. The Morgan fingerprint density at radius 1 is 1.31 bits per heavy atom. The Bertz CT molecular complexity index is 1180. The fourth-order valence-electron chi connectivity index (χ4n) is 2.61. The van der Waals surface area contributed by atoms with Crippen LogP contribution >= 0.6 is 55.2 Å². The second-order valence-corrected chi connectivity index (χ2v) is 9.29. The van der Waals surface area contributed by atoms with Crippen LogP contribution in [0.5, 0.6) is 11.5 Å². The maximum Gasteiger partial charge on any atom is 0.342 e. The standard InChI is InChI=1S/C21H16Br2ClN3O4S/c1-3-6-31-18-14(22)7-11(8-15(18)23)9-17(20(28)29)32-21-25-19(26-27-21)13-10-12(24)4-5-16(13)30-2/h3-5,7-10H,1,6H2,2H3,(H,28,29)(H,25,26,27)/b17-9-. The van der Waals surface area contributed by atoms with Crippen LogP contribution in [0.15, 0.2) is 62.0 Å². The van der Waals surface area contributed by atoms with Crippen molar-refractivity contribution >= 4 is 67.3 Å². The molecule has 0 radical (unpaired) electrons. The predicted molar refractivity (Wildman–Crippen MR) is 132 cm³/mol. The quantitative estimate of drug-likeness (QED) is 0.166. The van der Waals surface area contributed by atoms with Crippen LogP contribution in [-0.2, 0) is 4.79 Å². The third-order valence-electron chi connectivity index (χ3n) is 3.96. The number of carboxylic acids is 1. The predicted octanol–water partition coefficient (Wildman–Crippen LogP) is 6.44. The second kappa shape index (κ2) is 11.0. The lowest BCUT2D eigenvalue weighted by atomic mass is 10.2. The number of methoxy groups -OCH3 is 1. The summed E-state index contributed by atoms with van der Waals surface area (Å²) in [4.78, 5) is 16.3.